The van der Waals surface area contributed by atoms with Crippen LogP contribution in [0, 0.1) is 10.1 Å². The quantitative estimate of drug-likeness (QED) is 0.242. The maximum Gasteiger partial charge on any atom is 0.279 e. The molecule has 2 N–H and O–H groups in total. The molecule has 1 aromatic heterocycles. The van der Waals surface area contributed by atoms with Gasteiger partial charge < -0.3 is 24.6 Å². The maximum atomic E-state index is 13.5. The summed E-state index contributed by atoms with van der Waals surface area (Å²) in [5.41, 5.74) is 0.539. The van der Waals surface area contributed by atoms with E-state index in [0.29, 0.717) is 16.3 Å². The molecule has 0 aliphatic rings. The van der Waals surface area contributed by atoms with E-state index in [1.165, 1.54) is 57.9 Å². The molecule has 11 heteroatoms. The third kappa shape index (κ3) is 4.91. The van der Waals surface area contributed by atoms with E-state index >= 15 is 0 Å². The Morgan fingerprint density at radius 2 is 1.70 bits per heavy atom. The maximum absolute atomic E-state index is 13.5. The number of phenolic OH excluding ortho intramolecular Hbond substituents is 1. The number of fused-ring (bicyclic) bond motifs is 1. The number of aromatic hydroxyl groups is 1. The van der Waals surface area contributed by atoms with E-state index in [1.54, 1.807) is 24.3 Å². The number of amides is 1. The molecular formula is C26H22ClN3O7. The van der Waals surface area contributed by atoms with Crippen LogP contribution in [0.5, 0.6) is 23.0 Å². The summed E-state index contributed by atoms with van der Waals surface area (Å²) in [5, 5.41) is 26.5. The normalized spacial score (nSPS) is 11.6. The van der Waals surface area contributed by atoms with Crippen molar-refractivity contribution < 1.29 is 29.0 Å². The first kappa shape index (κ1) is 25.5. The molecule has 4 rings (SSSR count). The van der Waals surface area contributed by atoms with E-state index in [9.17, 15) is 20.0 Å². The third-order valence-corrected chi connectivity index (χ3v) is 6.04. The molecule has 37 heavy (non-hydrogen) atoms. The Bertz CT molecular complexity index is 1470. The van der Waals surface area contributed by atoms with Crippen molar-refractivity contribution in [3.05, 3.63) is 92.6 Å². The first-order valence-corrected chi connectivity index (χ1v) is 11.3. The second kappa shape index (κ2) is 10.6. The number of carbonyl (C=O) groups excluding carboxylic acids is 1. The summed E-state index contributed by atoms with van der Waals surface area (Å²) in [6, 6.07) is 12.7. The molecule has 190 valence electrons. The van der Waals surface area contributed by atoms with Gasteiger partial charge in [-0.2, -0.15) is 0 Å². The number of methoxy groups -OCH3 is 3. The average molecular weight is 524 g/mol. The number of carbonyl (C=O) groups is 1. The van der Waals surface area contributed by atoms with E-state index in [0.717, 1.165) is 0 Å². The molecule has 3 aromatic carbocycles. The van der Waals surface area contributed by atoms with Gasteiger partial charge in [0.25, 0.3) is 11.6 Å². The fourth-order valence-electron chi connectivity index (χ4n) is 4.02. The van der Waals surface area contributed by atoms with Gasteiger partial charge in [0.1, 0.15) is 11.3 Å². The lowest BCUT2D eigenvalue weighted by atomic mass is 9.95. The largest absolute Gasteiger partial charge is 0.505 e. The number of hydrogen-bond donors (Lipinski definition) is 2. The lowest BCUT2D eigenvalue weighted by Crippen LogP contribution is -2.29. The number of benzene rings is 3. The molecule has 0 aliphatic heterocycles. The van der Waals surface area contributed by atoms with Crippen LogP contribution in [0.15, 0.2) is 60.8 Å². The molecule has 10 nitrogen and oxygen atoms in total. The lowest BCUT2D eigenvalue weighted by Gasteiger charge is -2.22. The number of non-ortho nitro benzene ring substituents is 1. The van der Waals surface area contributed by atoms with Gasteiger partial charge in [0.2, 0.25) is 5.75 Å². The fourth-order valence-corrected chi connectivity index (χ4v) is 4.15. The molecule has 0 saturated carbocycles. The van der Waals surface area contributed by atoms with Crippen LogP contribution in [0.4, 0.5) is 5.69 Å². The summed E-state index contributed by atoms with van der Waals surface area (Å²) >= 11 is 6.06. The zero-order chi connectivity index (χ0) is 26.7. The minimum absolute atomic E-state index is 0.0349. The number of rotatable bonds is 8. The smallest absolute Gasteiger partial charge is 0.279 e. The van der Waals surface area contributed by atoms with E-state index in [4.69, 9.17) is 25.8 Å². The van der Waals surface area contributed by atoms with Gasteiger partial charge in [0.05, 0.1) is 37.7 Å². The minimum Gasteiger partial charge on any atom is -0.505 e. The Morgan fingerprint density at radius 1 is 1.05 bits per heavy atom. The number of nitrogens with one attached hydrogen (secondary N) is 1. The van der Waals surface area contributed by atoms with Crippen molar-refractivity contribution >= 4 is 34.1 Å². The fraction of sp³-hybridized carbons (Fsp3) is 0.154. The molecule has 1 amide bonds. The first-order chi connectivity index (χ1) is 17.8. The summed E-state index contributed by atoms with van der Waals surface area (Å²) in [4.78, 5) is 28.9. The van der Waals surface area contributed by atoms with Crippen molar-refractivity contribution in [2.75, 3.05) is 21.3 Å². The van der Waals surface area contributed by atoms with Gasteiger partial charge in [-0.15, -0.1) is 0 Å². The predicted octanol–water partition coefficient (Wildman–Crippen LogP) is 5.05. The van der Waals surface area contributed by atoms with Gasteiger partial charge in [-0.3, -0.25) is 19.9 Å². The van der Waals surface area contributed by atoms with E-state index in [2.05, 4.69) is 10.3 Å². The zero-order valence-electron chi connectivity index (χ0n) is 20.0. The van der Waals surface area contributed by atoms with Crippen molar-refractivity contribution in [3.8, 4) is 23.0 Å². The number of hydrogen-bond acceptors (Lipinski definition) is 8. The Hall–Kier alpha value is -4.57. The number of nitrogens with zero attached hydrogens (tertiary/aromatic N) is 2. The predicted molar refractivity (Wildman–Crippen MR) is 137 cm³/mol. The van der Waals surface area contributed by atoms with Gasteiger partial charge in [0.15, 0.2) is 11.5 Å². The number of ether oxygens (including phenoxy) is 3. The summed E-state index contributed by atoms with van der Waals surface area (Å²) in [7, 11) is 4.30. The molecule has 4 aromatic rings. The Balaban J connectivity index is 1.88. The second-order valence-electron chi connectivity index (χ2n) is 7.86. The SMILES string of the molecule is COc1cc(C(=O)NC(c2ccc(Cl)cc2)c2cc([N+](=O)[O-])c3cccnc3c2O)cc(OC)c1OC. The lowest BCUT2D eigenvalue weighted by molar-refractivity contribution is -0.383. The topological polar surface area (TPSA) is 133 Å². The highest BCUT2D eigenvalue weighted by atomic mass is 35.5. The van der Waals surface area contributed by atoms with Crippen LogP contribution in [-0.2, 0) is 0 Å². The van der Waals surface area contributed by atoms with Crippen molar-refractivity contribution in [2.45, 2.75) is 6.04 Å². The summed E-state index contributed by atoms with van der Waals surface area (Å²) in [6.45, 7) is 0. The molecule has 0 aliphatic carbocycles. The highest BCUT2D eigenvalue weighted by Crippen LogP contribution is 2.41. The van der Waals surface area contributed by atoms with Crippen molar-refractivity contribution in [3.63, 3.8) is 0 Å². The number of nitro groups is 1. The van der Waals surface area contributed by atoms with Crippen LogP contribution in [0.1, 0.15) is 27.5 Å². The van der Waals surface area contributed by atoms with Gasteiger partial charge in [-0.1, -0.05) is 23.7 Å². The Morgan fingerprint density at radius 3 is 2.27 bits per heavy atom. The number of nitro benzene ring substituents is 1. The van der Waals surface area contributed by atoms with Crippen LogP contribution in [0.25, 0.3) is 10.9 Å². The average Bonchev–Trinajstić information content (AvgIpc) is 2.91. The van der Waals surface area contributed by atoms with Gasteiger partial charge in [-0.25, -0.2) is 0 Å². The molecule has 1 unspecified atom stereocenters. The van der Waals surface area contributed by atoms with Crippen molar-refractivity contribution in [1.82, 2.24) is 10.3 Å². The molecule has 1 atom stereocenters. The summed E-state index contributed by atoms with van der Waals surface area (Å²) in [5.74, 6) is -0.0229. The molecule has 0 fully saturated rings. The van der Waals surface area contributed by atoms with Crippen LogP contribution < -0.4 is 19.5 Å². The van der Waals surface area contributed by atoms with E-state index in [1.807, 2.05) is 0 Å². The second-order valence-corrected chi connectivity index (χ2v) is 8.30. The van der Waals surface area contributed by atoms with Crippen LogP contribution in [0.3, 0.4) is 0 Å². The highest BCUT2D eigenvalue weighted by molar-refractivity contribution is 6.30. The molecule has 0 spiro atoms. The first-order valence-electron chi connectivity index (χ1n) is 10.9. The van der Waals surface area contributed by atoms with Gasteiger partial charge >= 0.3 is 0 Å². The van der Waals surface area contributed by atoms with Gasteiger partial charge in [0, 0.05) is 28.4 Å². The van der Waals surface area contributed by atoms with E-state index in [-0.39, 0.29) is 45.0 Å². The minimum atomic E-state index is -1.01. The highest BCUT2D eigenvalue weighted by Gasteiger charge is 2.28. The van der Waals surface area contributed by atoms with Crippen LogP contribution >= 0.6 is 11.6 Å². The third-order valence-electron chi connectivity index (χ3n) is 5.79. The monoisotopic (exact) mass is 523 g/mol. The molecule has 0 radical (unpaired) electrons. The van der Waals surface area contributed by atoms with Crippen molar-refractivity contribution in [2.24, 2.45) is 0 Å². The summed E-state index contributed by atoms with van der Waals surface area (Å²) < 4.78 is 16.0. The standard InChI is InChI=1S/C26H22ClN3O7/c1-35-20-11-15(12-21(36-2)25(20)37-3)26(32)29-22(14-6-8-16(27)9-7-14)18-13-19(30(33)34)17-5-4-10-28-23(17)24(18)31/h4-13,22,31H,1-3H3,(H,29,32). The van der Waals surface area contributed by atoms with E-state index < -0.39 is 16.9 Å². The van der Waals surface area contributed by atoms with Gasteiger partial charge in [-0.05, 0) is 42.0 Å². The number of phenols is 1. The summed E-state index contributed by atoms with van der Waals surface area (Å²) in [6.07, 6.45) is 1.42. The molecule has 1 heterocycles. The number of halogens is 1. The Kier molecular flexibility index (Phi) is 7.30. The van der Waals surface area contributed by atoms with Crippen molar-refractivity contribution in [1.29, 1.82) is 0 Å². The zero-order valence-corrected chi connectivity index (χ0v) is 20.8. The number of pyridine rings is 1. The van der Waals surface area contributed by atoms with Crippen LogP contribution in [-0.4, -0.2) is 42.3 Å². The molecule has 0 saturated heterocycles. The van der Waals surface area contributed by atoms with Crippen LogP contribution in [0.2, 0.25) is 5.02 Å². The number of aromatic nitrogens is 1. The molecule has 0 bridgehead atoms. The Labute approximate surface area is 216 Å². The molecular weight excluding hydrogens is 502 g/mol.